The summed E-state index contributed by atoms with van der Waals surface area (Å²) in [4.78, 5) is 11.4. The highest BCUT2D eigenvalue weighted by atomic mass is 16.5. The number of ether oxygens (including phenoxy) is 1. The molecule has 0 saturated heterocycles. The van der Waals surface area contributed by atoms with Gasteiger partial charge in [-0.3, -0.25) is 0 Å². The van der Waals surface area contributed by atoms with Gasteiger partial charge in [0, 0.05) is 5.41 Å². The van der Waals surface area contributed by atoms with E-state index in [-0.39, 0.29) is 5.41 Å². The molecule has 3 nitrogen and oxygen atoms in total. The highest BCUT2D eigenvalue weighted by molar-refractivity contribution is 5.87. The zero-order valence-electron chi connectivity index (χ0n) is 14.1. The van der Waals surface area contributed by atoms with E-state index in [0.717, 1.165) is 24.2 Å². The van der Waals surface area contributed by atoms with Crippen LogP contribution in [0.2, 0.25) is 0 Å². The molecular weight excluding hydrogens is 300 g/mol. The predicted molar refractivity (Wildman–Crippen MR) is 94.9 cm³/mol. The molecule has 126 valence electrons. The van der Waals surface area contributed by atoms with Gasteiger partial charge in [-0.1, -0.05) is 43.5 Å². The molecule has 0 aromatic heterocycles. The monoisotopic (exact) mass is 324 g/mol. The molecule has 24 heavy (non-hydrogen) atoms. The van der Waals surface area contributed by atoms with E-state index in [1.54, 1.807) is 6.07 Å². The number of benzene rings is 2. The summed E-state index contributed by atoms with van der Waals surface area (Å²) >= 11 is 0. The van der Waals surface area contributed by atoms with E-state index in [1.165, 1.54) is 24.8 Å². The summed E-state index contributed by atoms with van der Waals surface area (Å²) in [5.41, 5.74) is 2.65. The Balaban J connectivity index is 2.04. The Labute approximate surface area is 143 Å². The van der Waals surface area contributed by atoms with Crippen LogP contribution in [0.25, 0.3) is 0 Å². The maximum atomic E-state index is 11.4. The van der Waals surface area contributed by atoms with E-state index in [1.807, 2.05) is 31.2 Å². The number of hydrogen-bond donors (Lipinski definition) is 1. The fourth-order valence-corrected chi connectivity index (χ4v) is 3.89. The van der Waals surface area contributed by atoms with Crippen LogP contribution >= 0.6 is 0 Å². The quantitative estimate of drug-likeness (QED) is 0.838. The van der Waals surface area contributed by atoms with Crippen LogP contribution in [0, 0.1) is 0 Å². The van der Waals surface area contributed by atoms with Gasteiger partial charge >= 0.3 is 5.97 Å². The number of carboxylic acids is 1. The molecule has 2 aromatic carbocycles. The molecule has 0 spiro atoms. The Hall–Kier alpha value is -2.29. The maximum absolute atomic E-state index is 11.4. The van der Waals surface area contributed by atoms with Crippen molar-refractivity contribution in [3.63, 3.8) is 0 Å². The van der Waals surface area contributed by atoms with Crippen LogP contribution in [0.15, 0.2) is 48.5 Å². The van der Waals surface area contributed by atoms with Crippen molar-refractivity contribution >= 4 is 5.97 Å². The predicted octanol–water partition coefficient (Wildman–Crippen LogP) is 5.03. The Bertz CT molecular complexity index is 697. The van der Waals surface area contributed by atoms with Crippen molar-refractivity contribution in [1.29, 1.82) is 0 Å². The fraction of sp³-hybridized carbons (Fsp3) is 0.381. The van der Waals surface area contributed by atoms with E-state index >= 15 is 0 Å². The Morgan fingerprint density at radius 1 is 1.04 bits per heavy atom. The molecule has 0 heterocycles. The average Bonchev–Trinajstić information content (AvgIpc) is 2.63. The minimum Gasteiger partial charge on any atom is -0.494 e. The molecule has 1 N–H and O–H groups in total. The van der Waals surface area contributed by atoms with Crippen molar-refractivity contribution in [2.45, 2.75) is 44.4 Å². The van der Waals surface area contributed by atoms with Gasteiger partial charge in [0.2, 0.25) is 0 Å². The van der Waals surface area contributed by atoms with Crippen molar-refractivity contribution < 1.29 is 14.6 Å². The van der Waals surface area contributed by atoms with Crippen molar-refractivity contribution in [2.75, 3.05) is 6.61 Å². The van der Waals surface area contributed by atoms with Gasteiger partial charge in [-0.05, 0) is 55.2 Å². The zero-order valence-corrected chi connectivity index (χ0v) is 14.1. The Kier molecular flexibility index (Phi) is 4.89. The number of carboxylic acid groups (broad SMARTS) is 1. The summed E-state index contributed by atoms with van der Waals surface area (Å²) in [6.45, 7) is 2.64. The van der Waals surface area contributed by atoms with Crippen molar-refractivity contribution in [3.05, 3.63) is 65.2 Å². The van der Waals surface area contributed by atoms with Gasteiger partial charge in [-0.25, -0.2) is 4.79 Å². The average molecular weight is 324 g/mol. The summed E-state index contributed by atoms with van der Waals surface area (Å²) in [6, 6.07) is 15.8. The number of hydrogen-bond acceptors (Lipinski definition) is 2. The first-order chi connectivity index (χ1) is 11.7. The van der Waals surface area contributed by atoms with Gasteiger partial charge in [0.15, 0.2) is 0 Å². The molecule has 0 amide bonds. The van der Waals surface area contributed by atoms with Gasteiger partial charge in [0.05, 0.1) is 12.2 Å². The minimum atomic E-state index is -0.866. The van der Waals surface area contributed by atoms with E-state index in [2.05, 4.69) is 18.2 Å². The largest absolute Gasteiger partial charge is 0.494 e. The summed E-state index contributed by atoms with van der Waals surface area (Å²) in [5.74, 6) is 0.0148. The van der Waals surface area contributed by atoms with Gasteiger partial charge in [-0.15, -0.1) is 0 Å². The van der Waals surface area contributed by atoms with Crippen molar-refractivity contribution in [3.8, 4) is 5.75 Å². The van der Waals surface area contributed by atoms with Gasteiger partial charge in [-0.2, -0.15) is 0 Å². The minimum absolute atomic E-state index is 0.0888. The standard InChI is InChI=1S/C21H24O3/c1-2-24-19-11-9-17(10-12-19)21(13-4-3-5-14-21)18-8-6-7-16(15-18)20(22)23/h6-12,15H,2-5,13-14H2,1H3,(H,22,23). The first kappa shape index (κ1) is 16.6. The fourth-order valence-electron chi connectivity index (χ4n) is 3.89. The molecule has 2 aromatic rings. The lowest BCUT2D eigenvalue weighted by Gasteiger charge is -2.39. The van der Waals surface area contributed by atoms with Gasteiger partial charge in [0.1, 0.15) is 5.75 Å². The third-order valence-electron chi connectivity index (χ3n) is 5.09. The molecule has 0 bridgehead atoms. The molecule has 1 aliphatic rings. The van der Waals surface area contributed by atoms with Crippen molar-refractivity contribution in [1.82, 2.24) is 0 Å². The third-order valence-corrected chi connectivity index (χ3v) is 5.09. The number of rotatable bonds is 5. The Morgan fingerprint density at radius 2 is 1.75 bits per heavy atom. The molecule has 1 saturated carbocycles. The van der Waals surface area contributed by atoms with E-state index in [4.69, 9.17) is 4.74 Å². The summed E-state index contributed by atoms with van der Waals surface area (Å²) in [7, 11) is 0. The van der Waals surface area contributed by atoms with Gasteiger partial charge in [0.25, 0.3) is 0 Å². The number of aromatic carboxylic acids is 1. The highest BCUT2D eigenvalue weighted by Gasteiger charge is 2.36. The lowest BCUT2D eigenvalue weighted by molar-refractivity contribution is 0.0696. The van der Waals surface area contributed by atoms with Crippen LogP contribution in [0.5, 0.6) is 5.75 Å². The van der Waals surface area contributed by atoms with Crippen LogP contribution in [0.3, 0.4) is 0 Å². The third kappa shape index (κ3) is 3.16. The lowest BCUT2D eigenvalue weighted by Crippen LogP contribution is -2.30. The molecule has 3 heteroatoms. The zero-order chi connectivity index (χ0) is 17.0. The van der Waals surface area contributed by atoms with Crippen LogP contribution in [-0.2, 0) is 5.41 Å². The number of carbonyl (C=O) groups is 1. The summed E-state index contributed by atoms with van der Waals surface area (Å²) in [5, 5.41) is 9.34. The first-order valence-corrected chi connectivity index (χ1v) is 8.73. The van der Waals surface area contributed by atoms with E-state index in [9.17, 15) is 9.90 Å². The molecule has 3 rings (SSSR count). The molecule has 0 radical (unpaired) electrons. The van der Waals surface area contributed by atoms with E-state index < -0.39 is 5.97 Å². The second-order valence-corrected chi connectivity index (χ2v) is 6.49. The Morgan fingerprint density at radius 3 is 2.38 bits per heavy atom. The molecule has 0 aliphatic heterocycles. The molecule has 1 aliphatic carbocycles. The first-order valence-electron chi connectivity index (χ1n) is 8.73. The molecule has 0 unspecified atom stereocenters. The highest BCUT2D eigenvalue weighted by Crippen LogP contribution is 2.45. The second-order valence-electron chi connectivity index (χ2n) is 6.49. The summed E-state index contributed by atoms with van der Waals surface area (Å²) in [6.07, 6.45) is 5.71. The molecule has 0 atom stereocenters. The van der Waals surface area contributed by atoms with Crippen LogP contribution in [0.4, 0.5) is 0 Å². The van der Waals surface area contributed by atoms with E-state index in [0.29, 0.717) is 12.2 Å². The van der Waals surface area contributed by atoms with Crippen molar-refractivity contribution in [2.24, 2.45) is 0 Å². The molecule has 1 fully saturated rings. The van der Waals surface area contributed by atoms with Crippen LogP contribution < -0.4 is 4.74 Å². The van der Waals surface area contributed by atoms with Crippen LogP contribution in [-0.4, -0.2) is 17.7 Å². The lowest BCUT2D eigenvalue weighted by atomic mass is 9.65. The summed E-state index contributed by atoms with van der Waals surface area (Å²) < 4.78 is 5.56. The maximum Gasteiger partial charge on any atom is 0.335 e. The molecular formula is C21H24O3. The SMILES string of the molecule is CCOc1ccc(C2(c3cccc(C(=O)O)c3)CCCCC2)cc1. The second kappa shape index (κ2) is 7.08. The van der Waals surface area contributed by atoms with Crippen LogP contribution in [0.1, 0.15) is 60.5 Å². The smallest absolute Gasteiger partial charge is 0.335 e. The van der Waals surface area contributed by atoms with Gasteiger partial charge < -0.3 is 9.84 Å². The topological polar surface area (TPSA) is 46.5 Å². The normalized spacial score (nSPS) is 16.5.